The molecular weight excluding hydrogens is 220 g/mol. The summed E-state index contributed by atoms with van der Waals surface area (Å²) in [5, 5.41) is 3.02. The first-order chi connectivity index (χ1) is 8.15. The van der Waals surface area contributed by atoms with Crippen molar-refractivity contribution in [1.29, 1.82) is 0 Å². The number of carbonyl (C=O) groups excluding carboxylic acids is 2. The molecule has 17 heavy (non-hydrogen) atoms. The van der Waals surface area contributed by atoms with Crippen LogP contribution in [0.2, 0.25) is 0 Å². The predicted octanol–water partition coefficient (Wildman–Crippen LogP) is 0.790. The zero-order valence-electron chi connectivity index (χ0n) is 9.82. The van der Waals surface area contributed by atoms with Crippen molar-refractivity contribution in [2.24, 2.45) is 0 Å². The summed E-state index contributed by atoms with van der Waals surface area (Å²) in [7, 11) is 3.14. The molecular formula is C12H14N2O3. The molecule has 1 aromatic carbocycles. The molecule has 0 aliphatic carbocycles. The van der Waals surface area contributed by atoms with Gasteiger partial charge in [-0.15, -0.1) is 0 Å². The molecule has 5 heteroatoms. The van der Waals surface area contributed by atoms with Gasteiger partial charge in [-0.1, -0.05) is 0 Å². The number of benzene rings is 1. The van der Waals surface area contributed by atoms with Crippen LogP contribution in [0, 0.1) is 0 Å². The standard InChI is InChI=1S/C12H14N2O3/c1-13-9-3-4-10-8(5-9)6-11(15)14(10)7-12(16)17-2/h3-5,13H,6-7H2,1-2H3. The van der Waals surface area contributed by atoms with Crippen molar-refractivity contribution >= 4 is 23.3 Å². The van der Waals surface area contributed by atoms with E-state index in [1.165, 1.54) is 12.0 Å². The second kappa shape index (κ2) is 4.45. The summed E-state index contributed by atoms with van der Waals surface area (Å²) in [5.41, 5.74) is 2.68. The minimum atomic E-state index is -0.413. The number of methoxy groups -OCH3 is 1. The molecule has 0 atom stereocenters. The molecule has 0 aromatic heterocycles. The van der Waals surface area contributed by atoms with Crippen LogP contribution in [-0.4, -0.2) is 32.6 Å². The maximum absolute atomic E-state index is 11.8. The first-order valence-corrected chi connectivity index (χ1v) is 5.33. The van der Waals surface area contributed by atoms with Gasteiger partial charge in [0.25, 0.3) is 0 Å². The van der Waals surface area contributed by atoms with E-state index in [4.69, 9.17) is 0 Å². The number of fused-ring (bicyclic) bond motifs is 1. The zero-order chi connectivity index (χ0) is 12.4. The van der Waals surface area contributed by atoms with Crippen molar-refractivity contribution < 1.29 is 14.3 Å². The van der Waals surface area contributed by atoms with Gasteiger partial charge in [0.2, 0.25) is 5.91 Å². The van der Waals surface area contributed by atoms with Crippen molar-refractivity contribution in [3.05, 3.63) is 23.8 Å². The van der Waals surface area contributed by atoms with Crippen LogP contribution in [0.25, 0.3) is 0 Å². The zero-order valence-corrected chi connectivity index (χ0v) is 9.82. The van der Waals surface area contributed by atoms with Gasteiger partial charge in [0, 0.05) is 18.4 Å². The molecule has 0 fully saturated rings. The second-order valence-corrected chi connectivity index (χ2v) is 3.83. The molecule has 1 amide bonds. The highest BCUT2D eigenvalue weighted by molar-refractivity contribution is 6.04. The lowest BCUT2D eigenvalue weighted by atomic mass is 10.1. The lowest BCUT2D eigenvalue weighted by molar-refractivity contribution is -0.139. The van der Waals surface area contributed by atoms with E-state index < -0.39 is 5.97 Å². The molecule has 90 valence electrons. The molecule has 1 N–H and O–H groups in total. The number of carbonyl (C=O) groups is 2. The van der Waals surface area contributed by atoms with Gasteiger partial charge in [-0.05, 0) is 23.8 Å². The van der Waals surface area contributed by atoms with E-state index >= 15 is 0 Å². The number of nitrogens with one attached hydrogen (secondary N) is 1. The molecule has 0 saturated carbocycles. The lowest BCUT2D eigenvalue weighted by Gasteiger charge is -2.15. The number of ether oxygens (including phenoxy) is 1. The summed E-state index contributed by atoms with van der Waals surface area (Å²) in [6.45, 7) is -0.0266. The fraction of sp³-hybridized carbons (Fsp3) is 0.333. The number of amides is 1. The van der Waals surface area contributed by atoms with E-state index in [1.54, 1.807) is 0 Å². The number of nitrogens with zero attached hydrogens (tertiary/aromatic N) is 1. The van der Waals surface area contributed by atoms with Crippen molar-refractivity contribution in [2.75, 3.05) is 30.9 Å². The van der Waals surface area contributed by atoms with Crippen molar-refractivity contribution in [3.8, 4) is 0 Å². The molecule has 5 nitrogen and oxygen atoms in total. The fourth-order valence-electron chi connectivity index (χ4n) is 1.91. The first-order valence-electron chi connectivity index (χ1n) is 5.33. The smallest absolute Gasteiger partial charge is 0.325 e. The normalized spacial score (nSPS) is 13.5. The molecule has 0 bridgehead atoms. The van der Waals surface area contributed by atoms with Gasteiger partial charge in [-0.25, -0.2) is 0 Å². The van der Waals surface area contributed by atoms with Crippen LogP contribution in [0.3, 0.4) is 0 Å². The Bertz CT molecular complexity index is 471. The van der Waals surface area contributed by atoms with E-state index in [2.05, 4.69) is 10.1 Å². The Morgan fingerprint density at radius 1 is 1.53 bits per heavy atom. The van der Waals surface area contributed by atoms with E-state index in [9.17, 15) is 9.59 Å². The van der Waals surface area contributed by atoms with Gasteiger partial charge in [-0.2, -0.15) is 0 Å². The van der Waals surface area contributed by atoms with Crippen LogP contribution >= 0.6 is 0 Å². The van der Waals surface area contributed by atoms with Gasteiger partial charge in [-0.3, -0.25) is 9.59 Å². The number of esters is 1. The minimum Gasteiger partial charge on any atom is -0.468 e. The highest BCUT2D eigenvalue weighted by Crippen LogP contribution is 2.30. The molecule has 0 saturated heterocycles. The van der Waals surface area contributed by atoms with Crippen LogP contribution < -0.4 is 10.2 Å². The average molecular weight is 234 g/mol. The van der Waals surface area contributed by atoms with Crippen molar-refractivity contribution in [1.82, 2.24) is 0 Å². The van der Waals surface area contributed by atoms with E-state index in [0.29, 0.717) is 6.42 Å². The maximum Gasteiger partial charge on any atom is 0.325 e. The van der Waals surface area contributed by atoms with E-state index in [1.807, 2.05) is 25.2 Å². The SMILES string of the molecule is CNc1ccc2c(c1)CC(=O)N2CC(=O)OC. The Labute approximate surface area is 99.4 Å². The van der Waals surface area contributed by atoms with Gasteiger partial charge in [0.05, 0.1) is 13.5 Å². The van der Waals surface area contributed by atoms with E-state index in [-0.39, 0.29) is 12.5 Å². The fourth-order valence-corrected chi connectivity index (χ4v) is 1.91. The third-order valence-corrected chi connectivity index (χ3v) is 2.82. The summed E-state index contributed by atoms with van der Waals surface area (Å²) in [6, 6.07) is 5.64. The molecule has 0 unspecified atom stereocenters. The Balaban J connectivity index is 2.28. The highest BCUT2D eigenvalue weighted by Gasteiger charge is 2.29. The monoisotopic (exact) mass is 234 g/mol. The Hall–Kier alpha value is -2.04. The van der Waals surface area contributed by atoms with Crippen molar-refractivity contribution in [3.63, 3.8) is 0 Å². The number of rotatable bonds is 3. The van der Waals surface area contributed by atoms with Crippen LogP contribution in [0.1, 0.15) is 5.56 Å². The molecule has 2 rings (SSSR count). The molecule has 0 spiro atoms. The molecule has 0 radical (unpaired) electrons. The van der Waals surface area contributed by atoms with Crippen LogP contribution in [-0.2, 0) is 20.7 Å². The second-order valence-electron chi connectivity index (χ2n) is 3.83. The molecule has 1 heterocycles. The number of hydrogen-bond donors (Lipinski definition) is 1. The summed E-state index contributed by atoms with van der Waals surface area (Å²) >= 11 is 0. The minimum absolute atomic E-state index is 0.0266. The van der Waals surface area contributed by atoms with Gasteiger partial charge < -0.3 is 15.0 Å². The molecule has 1 aromatic rings. The summed E-state index contributed by atoms with van der Waals surface area (Å²) in [5.74, 6) is -0.484. The van der Waals surface area contributed by atoms with Gasteiger partial charge >= 0.3 is 5.97 Å². The topological polar surface area (TPSA) is 58.6 Å². The third kappa shape index (κ3) is 2.08. The molecule has 1 aliphatic rings. The third-order valence-electron chi connectivity index (χ3n) is 2.82. The quantitative estimate of drug-likeness (QED) is 0.785. The summed E-state index contributed by atoms with van der Waals surface area (Å²) in [4.78, 5) is 24.5. The highest BCUT2D eigenvalue weighted by atomic mass is 16.5. The Kier molecular flexibility index (Phi) is 2.99. The van der Waals surface area contributed by atoms with Gasteiger partial charge in [0.15, 0.2) is 0 Å². The van der Waals surface area contributed by atoms with Crippen LogP contribution in [0.15, 0.2) is 18.2 Å². The average Bonchev–Trinajstić information content (AvgIpc) is 2.64. The van der Waals surface area contributed by atoms with Crippen LogP contribution in [0.4, 0.5) is 11.4 Å². The Morgan fingerprint density at radius 2 is 2.29 bits per heavy atom. The van der Waals surface area contributed by atoms with E-state index in [0.717, 1.165) is 16.9 Å². The largest absolute Gasteiger partial charge is 0.468 e. The van der Waals surface area contributed by atoms with Crippen LogP contribution in [0.5, 0.6) is 0 Å². The summed E-state index contributed by atoms with van der Waals surface area (Å²) in [6.07, 6.45) is 0.335. The number of hydrogen-bond acceptors (Lipinski definition) is 4. The lowest BCUT2D eigenvalue weighted by Crippen LogP contribution is -2.33. The predicted molar refractivity (Wildman–Crippen MR) is 64.1 cm³/mol. The molecule has 1 aliphatic heterocycles. The Morgan fingerprint density at radius 3 is 2.94 bits per heavy atom. The van der Waals surface area contributed by atoms with Crippen molar-refractivity contribution in [2.45, 2.75) is 6.42 Å². The van der Waals surface area contributed by atoms with Gasteiger partial charge in [0.1, 0.15) is 6.54 Å². The summed E-state index contributed by atoms with van der Waals surface area (Å²) < 4.78 is 4.58. The maximum atomic E-state index is 11.8. The number of anilines is 2. The first kappa shape index (κ1) is 11.4.